The number of anilines is 1. The topological polar surface area (TPSA) is 67.8 Å². The zero-order valence-corrected chi connectivity index (χ0v) is 13.9. The average Bonchev–Trinajstić information content (AvgIpc) is 3.10. The molecule has 7 heteroatoms. The first-order valence-electron chi connectivity index (χ1n) is 8.84. The lowest BCUT2D eigenvalue weighted by molar-refractivity contribution is -0.0147. The van der Waals surface area contributed by atoms with Gasteiger partial charge in [-0.3, -0.25) is 9.78 Å². The van der Waals surface area contributed by atoms with Crippen molar-refractivity contribution in [2.24, 2.45) is 0 Å². The van der Waals surface area contributed by atoms with Crippen LogP contribution >= 0.6 is 0 Å². The molecule has 3 fully saturated rings. The Morgan fingerprint density at radius 1 is 1.04 bits per heavy atom. The van der Waals surface area contributed by atoms with Crippen LogP contribution in [0.2, 0.25) is 0 Å². The van der Waals surface area contributed by atoms with E-state index in [-0.39, 0.29) is 11.5 Å². The van der Waals surface area contributed by atoms with E-state index in [4.69, 9.17) is 9.47 Å². The van der Waals surface area contributed by atoms with E-state index in [1.807, 2.05) is 0 Å². The molecule has 1 aromatic rings. The molecule has 4 rings (SSSR count). The second-order valence-corrected chi connectivity index (χ2v) is 6.79. The number of aromatic nitrogens is 2. The minimum absolute atomic E-state index is 0.0553. The standard InChI is InChI=1S/C17H24N4O3/c22-16(21-7-10-23-11-8-21)14-12-18-13-15(19-14)20-5-3-17(4-6-20)2-1-9-24-17/h12-13H,1-11H2. The van der Waals surface area contributed by atoms with E-state index in [1.165, 1.54) is 12.8 Å². The molecule has 4 heterocycles. The lowest BCUT2D eigenvalue weighted by atomic mass is 9.89. The molecule has 0 aromatic carbocycles. The molecule has 1 spiro atoms. The zero-order valence-electron chi connectivity index (χ0n) is 13.9. The van der Waals surface area contributed by atoms with Crippen molar-refractivity contribution in [1.29, 1.82) is 0 Å². The van der Waals surface area contributed by atoms with Crippen LogP contribution in [0, 0.1) is 0 Å². The quantitative estimate of drug-likeness (QED) is 0.808. The molecule has 0 aliphatic carbocycles. The molecule has 130 valence electrons. The fourth-order valence-electron chi connectivity index (χ4n) is 3.83. The van der Waals surface area contributed by atoms with Crippen LogP contribution in [0.4, 0.5) is 5.82 Å². The molecule has 0 atom stereocenters. The van der Waals surface area contributed by atoms with Crippen LogP contribution in [0.5, 0.6) is 0 Å². The number of rotatable bonds is 2. The third kappa shape index (κ3) is 3.10. The van der Waals surface area contributed by atoms with Crippen LogP contribution in [0.15, 0.2) is 12.4 Å². The molecule has 24 heavy (non-hydrogen) atoms. The van der Waals surface area contributed by atoms with Gasteiger partial charge in [0.25, 0.3) is 5.91 Å². The Hall–Kier alpha value is -1.73. The van der Waals surface area contributed by atoms with Crippen molar-refractivity contribution >= 4 is 11.7 Å². The monoisotopic (exact) mass is 332 g/mol. The van der Waals surface area contributed by atoms with Gasteiger partial charge in [-0.1, -0.05) is 0 Å². The summed E-state index contributed by atoms with van der Waals surface area (Å²) in [5.74, 6) is 0.738. The minimum Gasteiger partial charge on any atom is -0.378 e. The van der Waals surface area contributed by atoms with Crippen LogP contribution in [-0.4, -0.2) is 72.4 Å². The Morgan fingerprint density at radius 3 is 2.54 bits per heavy atom. The highest BCUT2D eigenvalue weighted by atomic mass is 16.5. The van der Waals surface area contributed by atoms with Gasteiger partial charge in [0, 0.05) is 32.8 Å². The minimum atomic E-state index is -0.0553. The summed E-state index contributed by atoms with van der Waals surface area (Å²) in [5.41, 5.74) is 0.511. The number of nitrogens with zero attached hydrogens (tertiary/aromatic N) is 4. The molecule has 1 aromatic heterocycles. The normalized spacial score (nSPS) is 23.7. The highest BCUT2D eigenvalue weighted by molar-refractivity contribution is 5.92. The first-order valence-corrected chi connectivity index (χ1v) is 8.84. The maximum Gasteiger partial charge on any atom is 0.274 e. The predicted octanol–water partition coefficient (Wildman–Crippen LogP) is 1.10. The number of amides is 1. The van der Waals surface area contributed by atoms with Crippen molar-refractivity contribution in [3.8, 4) is 0 Å². The molecular weight excluding hydrogens is 308 g/mol. The van der Waals surface area contributed by atoms with E-state index >= 15 is 0 Å². The molecule has 3 aliphatic rings. The first-order chi connectivity index (χ1) is 11.8. The second kappa shape index (κ2) is 6.64. The number of morpholine rings is 1. The molecule has 3 saturated heterocycles. The number of carbonyl (C=O) groups excluding carboxylic acids is 1. The van der Waals surface area contributed by atoms with Gasteiger partial charge in [0.15, 0.2) is 0 Å². The van der Waals surface area contributed by atoms with E-state index in [0.717, 1.165) is 38.4 Å². The summed E-state index contributed by atoms with van der Waals surface area (Å²) in [7, 11) is 0. The van der Waals surface area contributed by atoms with Crippen LogP contribution in [0.1, 0.15) is 36.2 Å². The summed E-state index contributed by atoms with van der Waals surface area (Å²) < 4.78 is 11.3. The fraction of sp³-hybridized carbons (Fsp3) is 0.706. The van der Waals surface area contributed by atoms with Crippen molar-refractivity contribution in [3.63, 3.8) is 0 Å². The highest BCUT2D eigenvalue weighted by Gasteiger charge is 2.38. The van der Waals surface area contributed by atoms with Crippen LogP contribution in [0.3, 0.4) is 0 Å². The number of hydrogen-bond donors (Lipinski definition) is 0. The second-order valence-electron chi connectivity index (χ2n) is 6.79. The number of ether oxygens (including phenoxy) is 2. The number of hydrogen-bond acceptors (Lipinski definition) is 6. The van der Waals surface area contributed by atoms with Crippen molar-refractivity contribution in [3.05, 3.63) is 18.1 Å². The van der Waals surface area contributed by atoms with E-state index in [9.17, 15) is 4.79 Å². The third-order valence-corrected chi connectivity index (χ3v) is 5.32. The molecular formula is C17H24N4O3. The maximum absolute atomic E-state index is 12.6. The van der Waals surface area contributed by atoms with Crippen molar-refractivity contribution in [1.82, 2.24) is 14.9 Å². The lowest BCUT2D eigenvalue weighted by Gasteiger charge is -2.39. The van der Waals surface area contributed by atoms with Gasteiger partial charge in [-0.05, 0) is 25.7 Å². The van der Waals surface area contributed by atoms with E-state index < -0.39 is 0 Å². The summed E-state index contributed by atoms with van der Waals surface area (Å²) in [6, 6.07) is 0. The summed E-state index contributed by atoms with van der Waals surface area (Å²) in [6.07, 6.45) is 7.70. The van der Waals surface area contributed by atoms with Crippen LogP contribution in [0.25, 0.3) is 0 Å². The van der Waals surface area contributed by atoms with E-state index in [2.05, 4.69) is 14.9 Å². The van der Waals surface area contributed by atoms with Crippen molar-refractivity contribution in [2.75, 3.05) is 50.9 Å². The summed E-state index contributed by atoms with van der Waals surface area (Å²) in [6.45, 7) is 5.12. The Balaban J connectivity index is 1.44. The van der Waals surface area contributed by atoms with E-state index in [0.29, 0.717) is 32.0 Å². The summed E-state index contributed by atoms with van der Waals surface area (Å²) >= 11 is 0. The molecule has 7 nitrogen and oxygen atoms in total. The molecule has 3 aliphatic heterocycles. The highest BCUT2D eigenvalue weighted by Crippen LogP contribution is 2.36. The Morgan fingerprint density at radius 2 is 1.83 bits per heavy atom. The Labute approximate surface area is 142 Å². The molecule has 0 N–H and O–H groups in total. The van der Waals surface area contributed by atoms with Crippen molar-refractivity contribution in [2.45, 2.75) is 31.3 Å². The van der Waals surface area contributed by atoms with Gasteiger partial charge in [-0.25, -0.2) is 4.98 Å². The molecule has 0 bridgehead atoms. The number of piperidine rings is 1. The largest absolute Gasteiger partial charge is 0.378 e. The Bertz CT molecular complexity index is 587. The molecule has 0 saturated carbocycles. The summed E-state index contributed by atoms with van der Waals surface area (Å²) in [4.78, 5) is 25.4. The predicted molar refractivity (Wildman–Crippen MR) is 88.1 cm³/mol. The third-order valence-electron chi connectivity index (χ3n) is 5.32. The number of carbonyl (C=O) groups is 1. The maximum atomic E-state index is 12.6. The van der Waals surface area contributed by atoms with E-state index in [1.54, 1.807) is 17.3 Å². The smallest absolute Gasteiger partial charge is 0.274 e. The first kappa shape index (κ1) is 15.8. The summed E-state index contributed by atoms with van der Waals surface area (Å²) in [5, 5.41) is 0. The van der Waals surface area contributed by atoms with Gasteiger partial charge >= 0.3 is 0 Å². The molecule has 0 radical (unpaired) electrons. The Kier molecular flexibility index (Phi) is 4.37. The zero-order chi connectivity index (χ0) is 16.4. The van der Waals surface area contributed by atoms with Gasteiger partial charge < -0.3 is 19.3 Å². The molecule has 1 amide bonds. The lowest BCUT2D eigenvalue weighted by Crippen LogP contribution is -2.44. The van der Waals surface area contributed by atoms with Gasteiger partial charge in [-0.15, -0.1) is 0 Å². The van der Waals surface area contributed by atoms with Gasteiger partial charge in [-0.2, -0.15) is 0 Å². The van der Waals surface area contributed by atoms with Gasteiger partial charge in [0.1, 0.15) is 11.5 Å². The average molecular weight is 332 g/mol. The van der Waals surface area contributed by atoms with Crippen LogP contribution in [-0.2, 0) is 9.47 Å². The van der Waals surface area contributed by atoms with Crippen molar-refractivity contribution < 1.29 is 14.3 Å². The molecule has 0 unspecified atom stereocenters. The fourth-order valence-corrected chi connectivity index (χ4v) is 3.83. The van der Waals surface area contributed by atoms with Crippen LogP contribution < -0.4 is 4.90 Å². The SMILES string of the molecule is O=C(c1cncc(N2CCC3(CCCO3)CC2)n1)N1CCOCC1. The van der Waals surface area contributed by atoms with Gasteiger partial charge in [0.05, 0.1) is 31.2 Å². The van der Waals surface area contributed by atoms with Gasteiger partial charge in [0.2, 0.25) is 0 Å².